The van der Waals surface area contributed by atoms with Crippen LogP contribution in [0.4, 0.5) is 5.82 Å². The number of halogens is 2. The maximum atomic E-state index is 6.32. The Morgan fingerprint density at radius 2 is 1.68 bits per heavy atom. The fourth-order valence-electron chi connectivity index (χ4n) is 1.79. The highest BCUT2D eigenvalue weighted by Crippen LogP contribution is 2.27. The number of anilines is 1. The lowest BCUT2D eigenvalue weighted by Gasteiger charge is -2.26. The second kappa shape index (κ2) is 8.11. The Labute approximate surface area is 130 Å². The third-order valence-corrected chi connectivity index (χ3v) is 3.75. The SMILES string of the molecule is CC(C)CCN(CCC(C)C)c1ncc(Br)cc1Cl. The Balaban J connectivity index is 2.81. The lowest BCUT2D eigenvalue weighted by molar-refractivity contribution is 0.533. The highest BCUT2D eigenvalue weighted by atomic mass is 79.9. The van der Waals surface area contributed by atoms with E-state index in [1.54, 1.807) is 0 Å². The minimum Gasteiger partial charge on any atom is -0.355 e. The molecule has 0 bridgehead atoms. The topological polar surface area (TPSA) is 16.1 Å². The van der Waals surface area contributed by atoms with Gasteiger partial charge in [-0.3, -0.25) is 0 Å². The molecule has 2 nitrogen and oxygen atoms in total. The molecule has 108 valence electrons. The van der Waals surface area contributed by atoms with E-state index in [9.17, 15) is 0 Å². The number of rotatable bonds is 7. The monoisotopic (exact) mass is 346 g/mol. The Bertz CT molecular complexity index is 382. The average Bonchev–Trinajstić information content (AvgIpc) is 2.30. The molecule has 0 amide bonds. The first-order valence-electron chi connectivity index (χ1n) is 6.96. The van der Waals surface area contributed by atoms with Crippen molar-refractivity contribution in [2.45, 2.75) is 40.5 Å². The summed E-state index contributed by atoms with van der Waals surface area (Å²) in [6.07, 6.45) is 4.14. The molecule has 0 aromatic carbocycles. The number of aromatic nitrogens is 1. The van der Waals surface area contributed by atoms with Crippen LogP contribution in [0, 0.1) is 11.8 Å². The van der Waals surface area contributed by atoms with E-state index in [4.69, 9.17) is 11.6 Å². The van der Waals surface area contributed by atoms with Crippen LogP contribution < -0.4 is 4.90 Å². The summed E-state index contributed by atoms with van der Waals surface area (Å²) in [4.78, 5) is 6.80. The first kappa shape index (κ1) is 16.8. The molecular formula is C15H24BrClN2. The van der Waals surface area contributed by atoms with Gasteiger partial charge in [-0.1, -0.05) is 39.3 Å². The summed E-state index contributed by atoms with van der Waals surface area (Å²) in [7, 11) is 0. The van der Waals surface area contributed by atoms with Gasteiger partial charge in [0.15, 0.2) is 0 Å². The standard InChI is InChI=1S/C15H24BrClN2/c1-11(2)5-7-19(8-6-12(3)4)15-14(17)9-13(16)10-18-15/h9-12H,5-8H2,1-4H3. The molecule has 0 aliphatic carbocycles. The van der Waals surface area contributed by atoms with Gasteiger partial charge in [-0.05, 0) is 46.7 Å². The molecule has 0 aliphatic heterocycles. The van der Waals surface area contributed by atoms with Crippen LogP contribution >= 0.6 is 27.5 Å². The van der Waals surface area contributed by atoms with Gasteiger partial charge in [-0.25, -0.2) is 4.98 Å². The molecule has 0 N–H and O–H groups in total. The molecule has 0 saturated carbocycles. The van der Waals surface area contributed by atoms with Crippen LogP contribution in [0.5, 0.6) is 0 Å². The zero-order chi connectivity index (χ0) is 14.4. The number of hydrogen-bond donors (Lipinski definition) is 0. The van der Waals surface area contributed by atoms with Crippen LogP contribution in [0.15, 0.2) is 16.7 Å². The van der Waals surface area contributed by atoms with Gasteiger partial charge < -0.3 is 4.90 Å². The van der Waals surface area contributed by atoms with Crippen molar-refractivity contribution in [1.29, 1.82) is 0 Å². The molecule has 1 heterocycles. The summed E-state index contributed by atoms with van der Waals surface area (Å²) in [6, 6.07) is 1.92. The Morgan fingerprint density at radius 1 is 1.16 bits per heavy atom. The molecular weight excluding hydrogens is 324 g/mol. The number of nitrogens with zero attached hydrogens (tertiary/aromatic N) is 2. The number of pyridine rings is 1. The first-order chi connectivity index (χ1) is 8.90. The highest BCUT2D eigenvalue weighted by Gasteiger charge is 2.13. The molecule has 19 heavy (non-hydrogen) atoms. The molecule has 0 atom stereocenters. The molecule has 0 unspecified atom stereocenters. The van der Waals surface area contributed by atoms with Crippen LogP contribution in [0.25, 0.3) is 0 Å². The van der Waals surface area contributed by atoms with Crippen molar-refractivity contribution in [1.82, 2.24) is 4.98 Å². The lowest BCUT2D eigenvalue weighted by Crippen LogP contribution is -2.28. The van der Waals surface area contributed by atoms with Crippen LogP contribution in [0.2, 0.25) is 5.02 Å². The maximum Gasteiger partial charge on any atom is 0.147 e. The van der Waals surface area contributed by atoms with Crippen LogP contribution in [0.1, 0.15) is 40.5 Å². The highest BCUT2D eigenvalue weighted by molar-refractivity contribution is 9.10. The molecule has 0 saturated heterocycles. The van der Waals surface area contributed by atoms with E-state index in [0.29, 0.717) is 11.8 Å². The predicted molar refractivity (Wildman–Crippen MR) is 88.1 cm³/mol. The fourth-order valence-corrected chi connectivity index (χ4v) is 2.54. The molecule has 0 spiro atoms. The van der Waals surface area contributed by atoms with E-state index in [-0.39, 0.29) is 0 Å². The molecule has 4 heteroatoms. The largest absolute Gasteiger partial charge is 0.355 e. The van der Waals surface area contributed by atoms with Crippen molar-refractivity contribution in [3.8, 4) is 0 Å². The molecule has 1 aromatic heterocycles. The van der Waals surface area contributed by atoms with E-state index in [0.717, 1.165) is 41.2 Å². The van der Waals surface area contributed by atoms with Gasteiger partial charge >= 0.3 is 0 Å². The van der Waals surface area contributed by atoms with E-state index in [2.05, 4.69) is 53.5 Å². The van der Waals surface area contributed by atoms with E-state index in [1.165, 1.54) is 0 Å². The summed E-state index contributed by atoms with van der Waals surface area (Å²) >= 11 is 9.73. The van der Waals surface area contributed by atoms with Gasteiger partial charge in [0.25, 0.3) is 0 Å². The van der Waals surface area contributed by atoms with Gasteiger partial charge in [0.1, 0.15) is 5.82 Å². The van der Waals surface area contributed by atoms with Crippen molar-refractivity contribution in [2.75, 3.05) is 18.0 Å². The number of hydrogen-bond acceptors (Lipinski definition) is 2. The van der Waals surface area contributed by atoms with E-state index >= 15 is 0 Å². The molecule has 0 radical (unpaired) electrons. The van der Waals surface area contributed by atoms with E-state index < -0.39 is 0 Å². The lowest BCUT2D eigenvalue weighted by atomic mass is 10.1. The zero-order valence-corrected chi connectivity index (χ0v) is 14.6. The van der Waals surface area contributed by atoms with E-state index in [1.807, 2.05) is 12.3 Å². The zero-order valence-electron chi connectivity index (χ0n) is 12.3. The first-order valence-corrected chi connectivity index (χ1v) is 8.13. The molecule has 1 rings (SSSR count). The summed E-state index contributed by atoms with van der Waals surface area (Å²) < 4.78 is 0.925. The van der Waals surface area contributed by atoms with Crippen LogP contribution in [0.3, 0.4) is 0 Å². The normalized spacial score (nSPS) is 11.4. The summed E-state index contributed by atoms with van der Waals surface area (Å²) in [6.45, 7) is 11.0. The Morgan fingerprint density at radius 3 is 2.11 bits per heavy atom. The Kier molecular flexibility index (Phi) is 7.16. The second-order valence-corrected chi connectivity index (χ2v) is 7.13. The quantitative estimate of drug-likeness (QED) is 0.657. The molecule has 0 aliphatic rings. The summed E-state index contributed by atoms with van der Waals surface area (Å²) in [5, 5.41) is 0.724. The van der Waals surface area contributed by atoms with Crippen molar-refractivity contribution in [3.63, 3.8) is 0 Å². The van der Waals surface area contributed by atoms with Gasteiger partial charge in [-0.15, -0.1) is 0 Å². The van der Waals surface area contributed by atoms with Crippen LogP contribution in [-0.2, 0) is 0 Å². The van der Waals surface area contributed by atoms with Crippen molar-refractivity contribution >= 4 is 33.3 Å². The third kappa shape index (κ3) is 6.13. The summed E-state index contributed by atoms with van der Waals surface area (Å²) in [5.74, 6) is 2.29. The van der Waals surface area contributed by atoms with Crippen LogP contribution in [-0.4, -0.2) is 18.1 Å². The van der Waals surface area contributed by atoms with Gasteiger partial charge in [0.2, 0.25) is 0 Å². The van der Waals surface area contributed by atoms with Crippen molar-refractivity contribution < 1.29 is 0 Å². The van der Waals surface area contributed by atoms with Crippen molar-refractivity contribution in [3.05, 3.63) is 21.8 Å². The average molecular weight is 348 g/mol. The maximum absolute atomic E-state index is 6.32. The third-order valence-electron chi connectivity index (χ3n) is 3.04. The molecule has 0 fully saturated rings. The smallest absolute Gasteiger partial charge is 0.147 e. The fraction of sp³-hybridized carbons (Fsp3) is 0.667. The van der Waals surface area contributed by atoms with Gasteiger partial charge in [-0.2, -0.15) is 0 Å². The van der Waals surface area contributed by atoms with Gasteiger partial charge in [0, 0.05) is 23.8 Å². The summed E-state index contributed by atoms with van der Waals surface area (Å²) in [5.41, 5.74) is 0. The minimum atomic E-state index is 0.691. The Hall–Kier alpha value is -0.280. The minimum absolute atomic E-state index is 0.691. The second-order valence-electron chi connectivity index (χ2n) is 5.81. The van der Waals surface area contributed by atoms with Gasteiger partial charge in [0.05, 0.1) is 5.02 Å². The molecule has 1 aromatic rings. The van der Waals surface area contributed by atoms with Crippen molar-refractivity contribution in [2.24, 2.45) is 11.8 Å². The predicted octanol–water partition coefficient (Wildman–Crippen LogP) is 5.40.